The molecule has 1 heterocycles. The summed E-state index contributed by atoms with van der Waals surface area (Å²) in [5.74, 6) is 0. The summed E-state index contributed by atoms with van der Waals surface area (Å²) in [6.07, 6.45) is 0.802. The molecule has 1 unspecified atom stereocenters. The summed E-state index contributed by atoms with van der Waals surface area (Å²) in [5.41, 5.74) is 1.16. The second-order valence-corrected chi connectivity index (χ2v) is 5.04. The quantitative estimate of drug-likeness (QED) is 0.892. The van der Waals surface area contributed by atoms with E-state index in [2.05, 4.69) is 22.9 Å². The van der Waals surface area contributed by atoms with Gasteiger partial charge >= 0.3 is 0 Å². The Hall–Kier alpha value is -0.770. The fourth-order valence-electron chi connectivity index (χ4n) is 2.40. The minimum atomic E-state index is 0.232. The lowest BCUT2D eigenvalue weighted by atomic mass is 10.1. The van der Waals surface area contributed by atoms with Crippen molar-refractivity contribution in [2.75, 3.05) is 38.2 Å². The van der Waals surface area contributed by atoms with E-state index < -0.39 is 0 Å². The molecule has 0 aromatic heterocycles. The van der Waals surface area contributed by atoms with Gasteiger partial charge in [-0.1, -0.05) is 17.7 Å². The third kappa shape index (κ3) is 3.12. The first-order valence-electron chi connectivity index (χ1n) is 6.02. The van der Waals surface area contributed by atoms with E-state index in [0.29, 0.717) is 6.04 Å². The van der Waals surface area contributed by atoms with Gasteiger partial charge in [-0.05, 0) is 31.7 Å². The molecule has 1 aromatic rings. The maximum Gasteiger partial charge on any atom is 0.0451 e. The summed E-state index contributed by atoms with van der Waals surface area (Å²) in [4.78, 5) is 4.66. The molecule has 1 N–H and O–H groups in total. The highest BCUT2D eigenvalue weighted by atomic mass is 35.5. The molecule has 0 amide bonds. The minimum absolute atomic E-state index is 0.232. The van der Waals surface area contributed by atoms with Crippen LogP contribution in [0.4, 0.5) is 5.69 Å². The molecule has 0 radical (unpaired) electrons. The van der Waals surface area contributed by atoms with Crippen LogP contribution in [0.3, 0.4) is 0 Å². The smallest absolute Gasteiger partial charge is 0.0451 e. The number of nitrogens with zero attached hydrogens (tertiary/aromatic N) is 2. The van der Waals surface area contributed by atoms with Crippen molar-refractivity contribution < 1.29 is 5.11 Å². The van der Waals surface area contributed by atoms with E-state index in [1.807, 2.05) is 18.2 Å². The Bertz CT molecular complexity index is 372. The van der Waals surface area contributed by atoms with Crippen molar-refractivity contribution in [3.05, 3.63) is 29.3 Å². The molecule has 4 heteroatoms. The normalized spacial score (nSPS) is 21.8. The van der Waals surface area contributed by atoms with Gasteiger partial charge in [-0.15, -0.1) is 0 Å². The van der Waals surface area contributed by atoms with Crippen LogP contribution in [0.2, 0.25) is 5.02 Å². The Balaban J connectivity index is 2.17. The Kier molecular flexibility index (Phi) is 4.26. The van der Waals surface area contributed by atoms with Crippen LogP contribution in [0, 0.1) is 0 Å². The van der Waals surface area contributed by atoms with Gasteiger partial charge in [0.2, 0.25) is 0 Å². The lowest BCUT2D eigenvalue weighted by Gasteiger charge is -2.41. The van der Waals surface area contributed by atoms with Gasteiger partial charge in [-0.2, -0.15) is 0 Å². The molecule has 1 aromatic carbocycles. The first-order chi connectivity index (χ1) is 8.20. The lowest BCUT2D eigenvalue weighted by Crippen LogP contribution is -2.52. The Morgan fingerprint density at radius 3 is 2.94 bits per heavy atom. The molecule has 1 aliphatic rings. The van der Waals surface area contributed by atoms with Crippen molar-refractivity contribution in [3.8, 4) is 0 Å². The molecule has 0 aliphatic carbocycles. The standard InChI is InChI=1S/C13H19ClN2O/c1-15-6-7-16(13(10-15)5-8-17)12-4-2-3-11(14)9-12/h2-4,9,13,17H,5-8,10H2,1H3. The second kappa shape index (κ2) is 5.71. The molecule has 0 saturated carbocycles. The van der Waals surface area contributed by atoms with Crippen LogP contribution in [0.25, 0.3) is 0 Å². The first-order valence-corrected chi connectivity index (χ1v) is 6.40. The fourth-order valence-corrected chi connectivity index (χ4v) is 2.59. The largest absolute Gasteiger partial charge is 0.396 e. The highest BCUT2D eigenvalue weighted by Gasteiger charge is 2.24. The van der Waals surface area contributed by atoms with Gasteiger partial charge in [0.05, 0.1) is 0 Å². The molecule has 2 rings (SSSR count). The Morgan fingerprint density at radius 2 is 2.24 bits per heavy atom. The van der Waals surface area contributed by atoms with Crippen LogP contribution in [0.1, 0.15) is 6.42 Å². The van der Waals surface area contributed by atoms with Crippen molar-refractivity contribution in [1.82, 2.24) is 4.90 Å². The zero-order valence-corrected chi connectivity index (χ0v) is 10.9. The molecule has 1 fully saturated rings. The highest BCUT2D eigenvalue weighted by Crippen LogP contribution is 2.24. The third-order valence-electron chi connectivity index (χ3n) is 3.29. The van der Waals surface area contributed by atoms with Crippen LogP contribution in [-0.4, -0.2) is 49.3 Å². The molecule has 1 atom stereocenters. The van der Waals surface area contributed by atoms with Crippen LogP contribution in [-0.2, 0) is 0 Å². The van der Waals surface area contributed by atoms with Gasteiger partial charge < -0.3 is 14.9 Å². The lowest BCUT2D eigenvalue weighted by molar-refractivity contribution is 0.219. The van der Waals surface area contributed by atoms with Gasteiger partial charge in [-0.25, -0.2) is 0 Å². The average Bonchev–Trinajstić information content (AvgIpc) is 2.29. The SMILES string of the molecule is CN1CCN(c2cccc(Cl)c2)C(CCO)C1. The van der Waals surface area contributed by atoms with Crippen LogP contribution < -0.4 is 4.90 Å². The predicted molar refractivity (Wildman–Crippen MR) is 71.8 cm³/mol. The summed E-state index contributed by atoms with van der Waals surface area (Å²) in [7, 11) is 2.12. The van der Waals surface area contributed by atoms with E-state index in [9.17, 15) is 0 Å². The molecule has 1 aliphatic heterocycles. The molecule has 94 valence electrons. The number of hydrogen-bond acceptors (Lipinski definition) is 3. The van der Waals surface area contributed by atoms with E-state index in [4.69, 9.17) is 16.7 Å². The van der Waals surface area contributed by atoms with Crippen LogP contribution in [0.5, 0.6) is 0 Å². The minimum Gasteiger partial charge on any atom is -0.396 e. The second-order valence-electron chi connectivity index (χ2n) is 4.60. The van der Waals surface area contributed by atoms with Crippen molar-refractivity contribution in [2.45, 2.75) is 12.5 Å². The maximum atomic E-state index is 9.15. The number of piperazine rings is 1. The fraction of sp³-hybridized carbons (Fsp3) is 0.538. The van der Waals surface area contributed by atoms with Gasteiger partial charge in [0.25, 0.3) is 0 Å². The van der Waals surface area contributed by atoms with Gasteiger partial charge in [0.1, 0.15) is 0 Å². The van der Waals surface area contributed by atoms with Gasteiger partial charge in [0.15, 0.2) is 0 Å². The molecular formula is C13H19ClN2O. The first kappa shape index (κ1) is 12.7. The number of rotatable bonds is 3. The zero-order chi connectivity index (χ0) is 12.3. The molecule has 1 saturated heterocycles. The van der Waals surface area contributed by atoms with E-state index in [1.165, 1.54) is 0 Å². The summed E-state index contributed by atoms with van der Waals surface area (Å²) in [6, 6.07) is 8.32. The van der Waals surface area contributed by atoms with Crippen molar-refractivity contribution in [1.29, 1.82) is 0 Å². The summed E-state index contributed by atoms with van der Waals surface area (Å²) in [5, 5.41) is 9.92. The summed E-state index contributed by atoms with van der Waals surface area (Å²) >= 11 is 6.03. The Labute approximate surface area is 108 Å². The van der Waals surface area contributed by atoms with E-state index in [0.717, 1.165) is 36.8 Å². The van der Waals surface area contributed by atoms with Crippen molar-refractivity contribution in [2.24, 2.45) is 0 Å². The third-order valence-corrected chi connectivity index (χ3v) is 3.52. The van der Waals surface area contributed by atoms with Gasteiger partial charge in [0, 0.05) is 43.0 Å². The molecule has 0 spiro atoms. The van der Waals surface area contributed by atoms with E-state index >= 15 is 0 Å². The monoisotopic (exact) mass is 254 g/mol. The molecular weight excluding hydrogens is 236 g/mol. The summed E-state index contributed by atoms with van der Waals surface area (Å²) in [6.45, 7) is 3.26. The number of benzene rings is 1. The van der Waals surface area contributed by atoms with E-state index in [1.54, 1.807) is 0 Å². The number of halogens is 1. The zero-order valence-electron chi connectivity index (χ0n) is 10.1. The average molecular weight is 255 g/mol. The van der Waals surface area contributed by atoms with Crippen molar-refractivity contribution in [3.63, 3.8) is 0 Å². The molecule has 17 heavy (non-hydrogen) atoms. The Morgan fingerprint density at radius 1 is 1.41 bits per heavy atom. The van der Waals surface area contributed by atoms with Crippen LogP contribution in [0.15, 0.2) is 24.3 Å². The summed E-state index contributed by atoms with van der Waals surface area (Å²) < 4.78 is 0. The molecule has 0 bridgehead atoms. The number of anilines is 1. The predicted octanol–water partition coefficient (Wildman–Crippen LogP) is 1.84. The number of aliphatic hydroxyl groups excluding tert-OH is 1. The van der Waals surface area contributed by atoms with Crippen LogP contribution >= 0.6 is 11.6 Å². The molecule has 3 nitrogen and oxygen atoms in total. The van der Waals surface area contributed by atoms with Gasteiger partial charge in [-0.3, -0.25) is 0 Å². The highest BCUT2D eigenvalue weighted by molar-refractivity contribution is 6.30. The number of likely N-dealkylation sites (N-methyl/N-ethyl adjacent to an activating group) is 1. The number of aliphatic hydroxyl groups is 1. The van der Waals surface area contributed by atoms with E-state index in [-0.39, 0.29) is 6.61 Å². The van der Waals surface area contributed by atoms with Crippen molar-refractivity contribution >= 4 is 17.3 Å². The topological polar surface area (TPSA) is 26.7 Å². The number of hydrogen-bond donors (Lipinski definition) is 1. The maximum absolute atomic E-state index is 9.15.